The van der Waals surface area contributed by atoms with Crippen LogP contribution in [0.3, 0.4) is 0 Å². The molecule has 5 heteroatoms. The Labute approximate surface area is 130 Å². The van der Waals surface area contributed by atoms with Crippen LogP contribution in [0.5, 0.6) is 5.75 Å². The lowest BCUT2D eigenvalue weighted by atomic mass is 10.2. The first kappa shape index (κ1) is 15.6. The number of nitrogen functional groups attached to an aromatic ring is 1. The van der Waals surface area contributed by atoms with E-state index in [1.165, 1.54) is 4.88 Å². The molecular weight excluding hydrogens is 282 g/mol. The highest BCUT2D eigenvalue weighted by Gasteiger charge is 2.13. The van der Waals surface area contributed by atoms with Crippen molar-refractivity contribution in [1.82, 2.24) is 4.98 Å². The van der Waals surface area contributed by atoms with Crippen molar-refractivity contribution in [3.05, 3.63) is 33.8 Å². The van der Waals surface area contributed by atoms with Gasteiger partial charge in [-0.1, -0.05) is 0 Å². The summed E-state index contributed by atoms with van der Waals surface area (Å²) in [6, 6.07) is 6.00. The standard InChI is InChI=1S/C16H23N3OS/c1-9(2)20-15-8-13(6-7-14(15)17)19-11(4)16-10(3)18-12(5)21-16/h6-9,11,19H,17H2,1-5H3. The molecule has 0 bridgehead atoms. The van der Waals surface area contributed by atoms with Gasteiger partial charge in [-0.3, -0.25) is 0 Å². The van der Waals surface area contributed by atoms with E-state index in [9.17, 15) is 0 Å². The molecular formula is C16H23N3OS. The van der Waals surface area contributed by atoms with Gasteiger partial charge in [-0.05, 0) is 46.8 Å². The monoisotopic (exact) mass is 305 g/mol. The molecule has 114 valence electrons. The summed E-state index contributed by atoms with van der Waals surface area (Å²) in [5, 5.41) is 4.58. The lowest BCUT2D eigenvalue weighted by molar-refractivity contribution is 0.244. The van der Waals surface area contributed by atoms with E-state index in [2.05, 4.69) is 17.2 Å². The van der Waals surface area contributed by atoms with Gasteiger partial charge in [-0.15, -0.1) is 11.3 Å². The number of rotatable bonds is 5. The highest BCUT2D eigenvalue weighted by atomic mass is 32.1. The number of benzene rings is 1. The predicted molar refractivity (Wildman–Crippen MR) is 90.2 cm³/mol. The molecule has 0 fully saturated rings. The van der Waals surface area contributed by atoms with Crippen molar-refractivity contribution < 1.29 is 4.74 Å². The van der Waals surface area contributed by atoms with Crippen LogP contribution in [0.15, 0.2) is 18.2 Å². The topological polar surface area (TPSA) is 60.2 Å². The normalized spacial score (nSPS) is 12.5. The maximum Gasteiger partial charge on any atom is 0.144 e. The molecule has 21 heavy (non-hydrogen) atoms. The highest BCUT2D eigenvalue weighted by molar-refractivity contribution is 7.11. The van der Waals surface area contributed by atoms with E-state index in [0.717, 1.165) is 22.1 Å². The molecule has 1 aromatic heterocycles. The third-order valence-corrected chi connectivity index (χ3v) is 4.35. The van der Waals surface area contributed by atoms with Crippen LogP contribution < -0.4 is 15.8 Å². The first-order chi connectivity index (χ1) is 9.86. The summed E-state index contributed by atoms with van der Waals surface area (Å²) in [5.74, 6) is 0.722. The average Bonchev–Trinajstić information content (AvgIpc) is 2.72. The summed E-state index contributed by atoms with van der Waals surface area (Å²) in [7, 11) is 0. The molecule has 0 amide bonds. The Morgan fingerprint density at radius 1 is 1.24 bits per heavy atom. The molecule has 2 aromatic rings. The minimum Gasteiger partial charge on any atom is -0.489 e. The number of aryl methyl sites for hydroxylation is 2. The molecule has 0 aliphatic carbocycles. The Kier molecular flexibility index (Phi) is 4.73. The molecule has 0 aliphatic rings. The maximum atomic E-state index is 5.95. The van der Waals surface area contributed by atoms with Crippen LogP contribution in [-0.2, 0) is 0 Å². The number of thiazole rings is 1. The lowest BCUT2D eigenvalue weighted by Gasteiger charge is -2.17. The maximum absolute atomic E-state index is 5.95. The SMILES string of the molecule is Cc1nc(C)c(C(C)Nc2ccc(N)c(OC(C)C)c2)s1. The Morgan fingerprint density at radius 3 is 2.52 bits per heavy atom. The van der Waals surface area contributed by atoms with Crippen molar-refractivity contribution in [3.8, 4) is 5.75 Å². The van der Waals surface area contributed by atoms with E-state index in [-0.39, 0.29) is 12.1 Å². The molecule has 0 aliphatic heterocycles. The highest BCUT2D eigenvalue weighted by Crippen LogP contribution is 2.31. The zero-order valence-electron chi connectivity index (χ0n) is 13.2. The summed E-state index contributed by atoms with van der Waals surface area (Å²) in [6.07, 6.45) is 0.103. The smallest absolute Gasteiger partial charge is 0.144 e. The number of anilines is 2. The third-order valence-electron chi connectivity index (χ3n) is 3.09. The first-order valence-corrected chi connectivity index (χ1v) is 7.95. The molecule has 3 N–H and O–H groups in total. The molecule has 4 nitrogen and oxygen atoms in total. The summed E-state index contributed by atoms with van der Waals surface area (Å²) in [4.78, 5) is 5.74. The summed E-state index contributed by atoms with van der Waals surface area (Å²) < 4.78 is 5.73. The molecule has 0 radical (unpaired) electrons. The summed E-state index contributed by atoms with van der Waals surface area (Å²) >= 11 is 1.73. The fourth-order valence-electron chi connectivity index (χ4n) is 2.24. The molecule has 1 atom stereocenters. The number of ether oxygens (including phenoxy) is 1. The van der Waals surface area contributed by atoms with Gasteiger partial charge in [0.2, 0.25) is 0 Å². The van der Waals surface area contributed by atoms with Crippen LogP contribution in [0.1, 0.15) is 42.4 Å². The Morgan fingerprint density at radius 2 is 1.95 bits per heavy atom. The minimum absolute atomic E-state index is 0.103. The van der Waals surface area contributed by atoms with E-state index in [1.54, 1.807) is 11.3 Å². The Bertz CT molecular complexity index is 622. The molecule has 0 spiro atoms. The van der Waals surface area contributed by atoms with Crippen molar-refractivity contribution in [3.63, 3.8) is 0 Å². The second-order valence-electron chi connectivity index (χ2n) is 5.47. The zero-order valence-corrected chi connectivity index (χ0v) is 14.0. The van der Waals surface area contributed by atoms with Crippen LogP contribution in [0.4, 0.5) is 11.4 Å². The van der Waals surface area contributed by atoms with Gasteiger partial charge < -0.3 is 15.8 Å². The molecule has 2 rings (SSSR count). The number of nitrogens with two attached hydrogens (primary N) is 1. The van der Waals surface area contributed by atoms with E-state index < -0.39 is 0 Å². The number of hydrogen-bond acceptors (Lipinski definition) is 5. The number of hydrogen-bond donors (Lipinski definition) is 2. The van der Waals surface area contributed by atoms with E-state index in [0.29, 0.717) is 5.69 Å². The first-order valence-electron chi connectivity index (χ1n) is 7.13. The van der Waals surface area contributed by atoms with Crippen molar-refractivity contribution in [2.75, 3.05) is 11.1 Å². The fourth-order valence-corrected chi connectivity index (χ4v) is 3.17. The quantitative estimate of drug-likeness (QED) is 0.808. The van der Waals surface area contributed by atoms with Gasteiger partial charge in [-0.25, -0.2) is 4.98 Å². The molecule has 1 heterocycles. The van der Waals surface area contributed by atoms with Crippen LogP contribution in [0.25, 0.3) is 0 Å². The molecule has 1 unspecified atom stereocenters. The van der Waals surface area contributed by atoms with Crippen molar-refractivity contribution >= 4 is 22.7 Å². The van der Waals surface area contributed by atoms with Crippen LogP contribution in [0, 0.1) is 13.8 Å². The molecule has 1 aromatic carbocycles. The van der Waals surface area contributed by atoms with Crippen molar-refractivity contribution in [2.24, 2.45) is 0 Å². The molecule has 0 saturated heterocycles. The van der Waals surface area contributed by atoms with E-state index in [1.807, 2.05) is 45.9 Å². The van der Waals surface area contributed by atoms with Gasteiger partial charge in [0.05, 0.1) is 28.5 Å². The predicted octanol–water partition coefficient (Wildman–Crippen LogP) is 4.30. The second kappa shape index (κ2) is 6.35. The van der Waals surface area contributed by atoms with Crippen LogP contribution in [-0.4, -0.2) is 11.1 Å². The number of nitrogens with zero attached hydrogens (tertiary/aromatic N) is 1. The van der Waals surface area contributed by atoms with Gasteiger partial charge in [-0.2, -0.15) is 0 Å². The fraction of sp³-hybridized carbons (Fsp3) is 0.438. The second-order valence-corrected chi connectivity index (χ2v) is 6.70. The Balaban J connectivity index is 2.17. The van der Waals surface area contributed by atoms with Crippen molar-refractivity contribution in [2.45, 2.75) is 46.8 Å². The van der Waals surface area contributed by atoms with Gasteiger partial charge >= 0.3 is 0 Å². The van der Waals surface area contributed by atoms with Crippen LogP contribution >= 0.6 is 11.3 Å². The number of aromatic nitrogens is 1. The van der Waals surface area contributed by atoms with Gasteiger partial charge in [0.15, 0.2) is 0 Å². The van der Waals surface area contributed by atoms with Crippen molar-refractivity contribution in [1.29, 1.82) is 0 Å². The van der Waals surface area contributed by atoms with E-state index >= 15 is 0 Å². The van der Waals surface area contributed by atoms with E-state index in [4.69, 9.17) is 10.5 Å². The Hall–Kier alpha value is -1.75. The van der Waals surface area contributed by atoms with Gasteiger partial charge in [0.25, 0.3) is 0 Å². The summed E-state index contributed by atoms with van der Waals surface area (Å²) in [5.41, 5.74) is 8.69. The molecule has 0 saturated carbocycles. The largest absolute Gasteiger partial charge is 0.489 e. The van der Waals surface area contributed by atoms with Gasteiger partial charge in [0.1, 0.15) is 5.75 Å². The summed E-state index contributed by atoms with van der Waals surface area (Å²) in [6.45, 7) is 10.2. The number of nitrogens with one attached hydrogen (secondary N) is 1. The third kappa shape index (κ3) is 3.88. The average molecular weight is 305 g/mol. The van der Waals surface area contributed by atoms with Crippen LogP contribution in [0.2, 0.25) is 0 Å². The zero-order chi connectivity index (χ0) is 15.6. The van der Waals surface area contributed by atoms with Gasteiger partial charge in [0, 0.05) is 16.6 Å². The minimum atomic E-state index is 0.103. The lowest BCUT2D eigenvalue weighted by Crippen LogP contribution is -2.09.